The number of hydrogen-bond acceptors (Lipinski definition) is 3. The number of halogens is 5. The van der Waals surface area contributed by atoms with Gasteiger partial charge >= 0.3 is 6.18 Å². The Morgan fingerprint density at radius 3 is 2.53 bits per heavy atom. The second kappa shape index (κ2) is 5.34. The number of hydrogen-bond donors (Lipinski definition) is 0. The topological polar surface area (TPSA) is 35.0 Å². The predicted octanol–water partition coefficient (Wildman–Crippen LogP) is 4.70. The van der Waals surface area contributed by atoms with Gasteiger partial charge in [0.05, 0.1) is 0 Å². The lowest BCUT2D eigenvalue weighted by Crippen LogP contribution is -2.09. The Kier molecular flexibility index (Phi) is 3.96. The molecule has 8 heteroatoms. The molecule has 1 aromatic heterocycles. The van der Waals surface area contributed by atoms with Crippen LogP contribution >= 0.6 is 27.5 Å². The van der Waals surface area contributed by atoms with Crippen molar-refractivity contribution < 1.29 is 17.9 Å². The van der Waals surface area contributed by atoms with E-state index in [1.807, 2.05) is 0 Å². The summed E-state index contributed by atoms with van der Waals surface area (Å²) in [6.45, 7) is 0. The largest absolute Gasteiger partial charge is 0.439 e. The maximum absolute atomic E-state index is 12.5. The molecule has 3 nitrogen and oxygen atoms in total. The molecule has 0 aliphatic carbocycles. The summed E-state index contributed by atoms with van der Waals surface area (Å²) in [6.07, 6.45) is -4.61. The highest BCUT2D eigenvalue weighted by Gasteiger charge is 2.33. The second-order valence-electron chi connectivity index (χ2n) is 3.42. The van der Waals surface area contributed by atoms with Crippen LogP contribution in [0.3, 0.4) is 0 Å². The maximum Gasteiger partial charge on any atom is 0.433 e. The Morgan fingerprint density at radius 1 is 1.16 bits per heavy atom. The Morgan fingerprint density at radius 2 is 1.89 bits per heavy atom. The minimum Gasteiger partial charge on any atom is -0.439 e. The molecular formula is C11H5BrClF3N2O. The predicted molar refractivity (Wildman–Crippen MR) is 66.3 cm³/mol. The first-order valence-electron chi connectivity index (χ1n) is 4.90. The highest BCUT2D eigenvalue weighted by molar-refractivity contribution is 9.10. The lowest BCUT2D eigenvalue weighted by Gasteiger charge is -2.09. The summed E-state index contributed by atoms with van der Waals surface area (Å²) in [7, 11) is 0. The molecule has 1 aromatic carbocycles. The van der Waals surface area contributed by atoms with E-state index in [9.17, 15) is 13.2 Å². The number of ether oxygens (including phenoxy) is 1. The van der Waals surface area contributed by atoms with E-state index in [2.05, 4.69) is 25.9 Å². The minimum absolute atomic E-state index is 0.273. The zero-order valence-corrected chi connectivity index (χ0v) is 11.4. The number of nitrogens with zero attached hydrogens (tertiary/aromatic N) is 2. The van der Waals surface area contributed by atoms with E-state index in [1.165, 1.54) is 0 Å². The summed E-state index contributed by atoms with van der Waals surface area (Å²) < 4.78 is 43.6. The standard InChI is InChI=1S/C11H5BrClF3N2O/c12-6-2-1-3-7(4-6)19-9-5-8(11(14,15)16)17-10(13)18-9/h1-5H. The third-order valence-electron chi connectivity index (χ3n) is 1.98. The van der Waals surface area contributed by atoms with Gasteiger partial charge < -0.3 is 4.74 Å². The van der Waals surface area contributed by atoms with Crippen molar-refractivity contribution >= 4 is 27.5 Å². The molecular weight excluding hydrogens is 348 g/mol. The maximum atomic E-state index is 12.5. The first-order chi connectivity index (χ1) is 8.84. The van der Waals surface area contributed by atoms with Crippen LogP contribution in [0.15, 0.2) is 34.8 Å². The fourth-order valence-corrected chi connectivity index (χ4v) is 1.80. The number of rotatable bonds is 2. The summed E-state index contributed by atoms with van der Waals surface area (Å²) in [4.78, 5) is 6.69. The number of benzene rings is 1. The summed E-state index contributed by atoms with van der Waals surface area (Å²) in [5.41, 5.74) is -1.16. The van der Waals surface area contributed by atoms with Crippen LogP contribution in [0.2, 0.25) is 5.28 Å². The van der Waals surface area contributed by atoms with Gasteiger partial charge in [0.15, 0.2) is 5.69 Å². The molecule has 0 radical (unpaired) electrons. The van der Waals surface area contributed by atoms with Gasteiger partial charge in [-0.3, -0.25) is 0 Å². The monoisotopic (exact) mass is 352 g/mol. The van der Waals surface area contributed by atoms with Crippen molar-refractivity contribution in [2.75, 3.05) is 0 Å². The molecule has 1 heterocycles. The molecule has 0 amide bonds. The zero-order valence-electron chi connectivity index (χ0n) is 9.08. The third-order valence-corrected chi connectivity index (χ3v) is 2.65. The van der Waals surface area contributed by atoms with E-state index in [4.69, 9.17) is 16.3 Å². The normalized spacial score (nSPS) is 11.4. The molecule has 0 saturated carbocycles. The van der Waals surface area contributed by atoms with Crippen LogP contribution in [0.5, 0.6) is 11.6 Å². The highest BCUT2D eigenvalue weighted by atomic mass is 79.9. The van der Waals surface area contributed by atoms with Crippen LogP contribution in [0, 0.1) is 0 Å². The van der Waals surface area contributed by atoms with Crippen molar-refractivity contribution in [1.82, 2.24) is 9.97 Å². The molecule has 0 fully saturated rings. The van der Waals surface area contributed by atoms with Crippen LogP contribution in [-0.2, 0) is 6.18 Å². The first-order valence-corrected chi connectivity index (χ1v) is 6.07. The second-order valence-corrected chi connectivity index (χ2v) is 4.67. The molecule has 0 N–H and O–H groups in total. The molecule has 0 spiro atoms. The van der Waals surface area contributed by atoms with Gasteiger partial charge in [0, 0.05) is 10.5 Å². The fraction of sp³-hybridized carbons (Fsp3) is 0.0909. The van der Waals surface area contributed by atoms with E-state index in [-0.39, 0.29) is 5.88 Å². The average molecular weight is 354 g/mol. The van der Waals surface area contributed by atoms with Gasteiger partial charge in [-0.1, -0.05) is 22.0 Å². The number of aromatic nitrogens is 2. The van der Waals surface area contributed by atoms with Crippen molar-refractivity contribution in [3.05, 3.63) is 45.8 Å². The van der Waals surface area contributed by atoms with E-state index in [0.29, 0.717) is 11.8 Å². The Balaban J connectivity index is 2.33. The lowest BCUT2D eigenvalue weighted by atomic mass is 10.3. The van der Waals surface area contributed by atoms with Crippen LogP contribution in [-0.4, -0.2) is 9.97 Å². The van der Waals surface area contributed by atoms with Crippen LogP contribution in [0.1, 0.15) is 5.69 Å². The van der Waals surface area contributed by atoms with Gasteiger partial charge in [0.2, 0.25) is 11.2 Å². The molecule has 0 aliphatic heterocycles. The van der Waals surface area contributed by atoms with Crippen molar-refractivity contribution in [3.8, 4) is 11.6 Å². The molecule has 0 saturated heterocycles. The molecule has 0 unspecified atom stereocenters. The minimum atomic E-state index is -4.61. The summed E-state index contributed by atoms with van der Waals surface area (Å²) in [5, 5.41) is -0.528. The van der Waals surface area contributed by atoms with Gasteiger partial charge in [-0.25, -0.2) is 4.98 Å². The van der Waals surface area contributed by atoms with E-state index < -0.39 is 17.2 Å². The number of alkyl halides is 3. The van der Waals surface area contributed by atoms with Gasteiger partial charge in [0.1, 0.15) is 5.75 Å². The van der Waals surface area contributed by atoms with Gasteiger partial charge in [-0.2, -0.15) is 18.2 Å². The fourth-order valence-electron chi connectivity index (χ4n) is 1.25. The van der Waals surface area contributed by atoms with Gasteiger partial charge in [-0.05, 0) is 29.8 Å². The van der Waals surface area contributed by atoms with Crippen molar-refractivity contribution in [2.45, 2.75) is 6.18 Å². The highest BCUT2D eigenvalue weighted by Crippen LogP contribution is 2.31. The Labute approximate surface area is 119 Å². The summed E-state index contributed by atoms with van der Waals surface area (Å²) in [6, 6.07) is 7.28. The van der Waals surface area contributed by atoms with Crippen molar-refractivity contribution in [1.29, 1.82) is 0 Å². The lowest BCUT2D eigenvalue weighted by molar-refractivity contribution is -0.141. The molecule has 19 heavy (non-hydrogen) atoms. The molecule has 0 bridgehead atoms. The average Bonchev–Trinajstić information content (AvgIpc) is 2.26. The quantitative estimate of drug-likeness (QED) is 0.734. The van der Waals surface area contributed by atoms with E-state index >= 15 is 0 Å². The van der Waals surface area contributed by atoms with Gasteiger partial charge in [-0.15, -0.1) is 0 Å². The van der Waals surface area contributed by atoms with Crippen LogP contribution in [0.4, 0.5) is 13.2 Å². The molecule has 2 rings (SSSR count). The molecule has 2 aromatic rings. The van der Waals surface area contributed by atoms with Gasteiger partial charge in [0.25, 0.3) is 0 Å². The zero-order chi connectivity index (χ0) is 14.0. The van der Waals surface area contributed by atoms with Crippen molar-refractivity contribution in [3.63, 3.8) is 0 Å². The van der Waals surface area contributed by atoms with E-state index in [1.54, 1.807) is 24.3 Å². The molecule has 0 atom stereocenters. The summed E-state index contributed by atoms with van der Waals surface area (Å²) in [5.74, 6) is 0.0580. The van der Waals surface area contributed by atoms with Crippen LogP contribution < -0.4 is 4.74 Å². The van der Waals surface area contributed by atoms with E-state index in [0.717, 1.165) is 4.47 Å². The Bertz CT molecular complexity index is 607. The summed E-state index contributed by atoms with van der Waals surface area (Å²) >= 11 is 8.66. The SMILES string of the molecule is FC(F)(F)c1cc(Oc2cccc(Br)c2)nc(Cl)n1. The van der Waals surface area contributed by atoms with Crippen molar-refractivity contribution in [2.24, 2.45) is 0 Å². The molecule has 100 valence electrons. The third kappa shape index (κ3) is 3.81. The smallest absolute Gasteiger partial charge is 0.433 e. The van der Waals surface area contributed by atoms with Crippen LogP contribution in [0.25, 0.3) is 0 Å². The first kappa shape index (κ1) is 14.1. The Hall–Kier alpha value is -1.34. The molecule has 0 aliphatic rings.